The summed E-state index contributed by atoms with van der Waals surface area (Å²) in [6, 6.07) is 0.152. The summed E-state index contributed by atoms with van der Waals surface area (Å²) in [7, 11) is 0. The molecular weight excluding hydrogens is 418 g/mol. The Labute approximate surface area is 201 Å². The molecule has 1 aliphatic carbocycles. The highest BCUT2D eigenvalue weighted by atomic mass is 16.5. The van der Waals surface area contributed by atoms with E-state index in [0.29, 0.717) is 39.3 Å². The van der Waals surface area contributed by atoms with Crippen molar-refractivity contribution in [1.82, 2.24) is 5.32 Å². The van der Waals surface area contributed by atoms with Crippen LogP contribution < -0.4 is 5.32 Å². The number of carbonyl (C=O) groups excluding carboxylic acids is 2. The van der Waals surface area contributed by atoms with Gasteiger partial charge in [-0.1, -0.05) is 46.8 Å². The molecule has 1 saturated carbocycles. The fourth-order valence-electron chi connectivity index (χ4n) is 5.11. The summed E-state index contributed by atoms with van der Waals surface area (Å²) < 4.78 is 17.1. The van der Waals surface area contributed by atoms with Gasteiger partial charge in [0.1, 0.15) is 6.61 Å². The predicted octanol–water partition coefficient (Wildman–Crippen LogP) is 5.22. The Hall–Kier alpha value is -1.66. The van der Waals surface area contributed by atoms with Crippen LogP contribution in [0.3, 0.4) is 0 Å². The first-order valence-corrected chi connectivity index (χ1v) is 12.3. The summed E-state index contributed by atoms with van der Waals surface area (Å²) >= 11 is 0. The fraction of sp³-hybridized carbons (Fsp3) is 0.778. The average molecular weight is 466 g/mol. The quantitative estimate of drug-likeness (QED) is 0.192. The second-order valence-electron chi connectivity index (χ2n) is 10.8. The van der Waals surface area contributed by atoms with Crippen molar-refractivity contribution in [2.75, 3.05) is 33.0 Å². The van der Waals surface area contributed by atoms with Gasteiger partial charge in [-0.25, -0.2) is 0 Å². The number of esters is 1. The largest absolute Gasteiger partial charge is 0.465 e. The van der Waals surface area contributed by atoms with Crippen molar-refractivity contribution >= 4 is 11.9 Å². The Morgan fingerprint density at radius 2 is 1.64 bits per heavy atom. The van der Waals surface area contributed by atoms with Gasteiger partial charge in [0, 0.05) is 18.9 Å². The van der Waals surface area contributed by atoms with Crippen LogP contribution >= 0.6 is 0 Å². The number of hydrogen-bond donors (Lipinski definition) is 1. The van der Waals surface area contributed by atoms with Crippen LogP contribution in [0.2, 0.25) is 0 Å². The van der Waals surface area contributed by atoms with Gasteiger partial charge in [0.15, 0.2) is 0 Å². The van der Waals surface area contributed by atoms with E-state index >= 15 is 0 Å². The van der Waals surface area contributed by atoms with E-state index in [1.165, 1.54) is 0 Å². The van der Waals surface area contributed by atoms with E-state index in [1.807, 2.05) is 6.92 Å². The average Bonchev–Trinajstić information content (AvgIpc) is 2.74. The Kier molecular flexibility index (Phi) is 12.4. The monoisotopic (exact) mass is 465 g/mol. The van der Waals surface area contributed by atoms with E-state index in [-0.39, 0.29) is 35.4 Å². The highest BCUT2D eigenvalue weighted by molar-refractivity contribution is 5.75. The van der Waals surface area contributed by atoms with Crippen molar-refractivity contribution in [2.24, 2.45) is 16.2 Å². The molecule has 33 heavy (non-hydrogen) atoms. The lowest BCUT2D eigenvalue weighted by Gasteiger charge is -2.47. The van der Waals surface area contributed by atoms with Crippen molar-refractivity contribution in [2.45, 2.75) is 85.6 Å². The van der Waals surface area contributed by atoms with Crippen molar-refractivity contribution in [3.8, 4) is 0 Å². The van der Waals surface area contributed by atoms with Gasteiger partial charge in [-0.3, -0.25) is 9.59 Å². The molecule has 2 unspecified atom stereocenters. The minimum Gasteiger partial charge on any atom is -0.465 e. The predicted molar refractivity (Wildman–Crippen MR) is 133 cm³/mol. The second-order valence-corrected chi connectivity index (χ2v) is 10.8. The zero-order valence-electron chi connectivity index (χ0n) is 21.7. The summed E-state index contributed by atoms with van der Waals surface area (Å²) in [5.74, 6) is -0.105. The van der Waals surface area contributed by atoms with Crippen LogP contribution in [0, 0.1) is 16.2 Å². The lowest BCUT2D eigenvalue weighted by atomic mass is 9.61. The minimum atomic E-state index is -0.395. The maximum absolute atomic E-state index is 12.7. The summed E-state index contributed by atoms with van der Waals surface area (Å²) in [5, 5.41) is 3.17. The molecule has 0 bridgehead atoms. The fourth-order valence-corrected chi connectivity index (χ4v) is 5.11. The first kappa shape index (κ1) is 29.4. The Morgan fingerprint density at radius 1 is 1.03 bits per heavy atom. The highest BCUT2D eigenvalue weighted by Crippen LogP contribution is 2.48. The van der Waals surface area contributed by atoms with Crippen molar-refractivity contribution in [3.05, 3.63) is 25.3 Å². The number of carbonyl (C=O) groups is 2. The Balaban J connectivity index is 2.69. The molecule has 1 aliphatic rings. The number of amides is 1. The van der Waals surface area contributed by atoms with Crippen LogP contribution in [-0.2, 0) is 23.8 Å². The Morgan fingerprint density at radius 3 is 2.15 bits per heavy atom. The smallest absolute Gasteiger partial charge is 0.305 e. The van der Waals surface area contributed by atoms with Gasteiger partial charge in [0.2, 0.25) is 5.91 Å². The first-order valence-electron chi connectivity index (χ1n) is 12.3. The molecule has 0 aliphatic heterocycles. The van der Waals surface area contributed by atoms with Gasteiger partial charge in [0.05, 0.1) is 31.8 Å². The van der Waals surface area contributed by atoms with Gasteiger partial charge >= 0.3 is 5.97 Å². The van der Waals surface area contributed by atoms with E-state index in [4.69, 9.17) is 14.2 Å². The van der Waals surface area contributed by atoms with Crippen LogP contribution in [0.4, 0.5) is 0 Å². The summed E-state index contributed by atoms with van der Waals surface area (Å²) in [6.07, 6.45) is 8.65. The van der Waals surface area contributed by atoms with Crippen LogP contribution in [0.1, 0.15) is 79.6 Å². The van der Waals surface area contributed by atoms with Gasteiger partial charge in [-0.05, 0) is 42.9 Å². The molecule has 1 rings (SSSR count). The number of ether oxygens (including phenoxy) is 3. The third-order valence-electron chi connectivity index (χ3n) is 6.64. The van der Waals surface area contributed by atoms with Crippen LogP contribution in [-0.4, -0.2) is 51.0 Å². The molecule has 2 atom stereocenters. The van der Waals surface area contributed by atoms with Gasteiger partial charge in [-0.2, -0.15) is 0 Å². The van der Waals surface area contributed by atoms with E-state index in [2.05, 4.69) is 46.2 Å². The molecule has 0 aromatic rings. The van der Waals surface area contributed by atoms with Gasteiger partial charge < -0.3 is 19.5 Å². The lowest BCUT2D eigenvalue weighted by Crippen LogP contribution is -2.47. The topological polar surface area (TPSA) is 73.9 Å². The van der Waals surface area contributed by atoms with Crippen molar-refractivity contribution in [3.63, 3.8) is 0 Å². The first-order chi connectivity index (χ1) is 15.5. The van der Waals surface area contributed by atoms with E-state index < -0.39 is 5.41 Å². The van der Waals surface area contributed by atoms with E-state index in [9.17, 15) is 9.59 Å². The zero-order valence-corrected chi connectivity index (χ0v) is 21.7. The molecule has 0 heterocycles. The molecule has 6 heteroatoms. The van der Waals surface area contributed by atoms with Crippen molar-refractivity contribution < 1.29 is 23.8 Å². The third-order valence-corrected chi connectivity index (χ3v) is 6.64. The molecule has 0 aromatic carbocycles. The van der Waals surface area contributed by atoms with Gasteiger partial charge in [-0.15, -0.1) is 13.2 Å². The zero-order chi connectivity index (χ0) is 25.0. The molecule has 0 spiro atoms. The van der Waals surface area contributed by atoms with Gasteiger partial charge in [0.25, 0.3) is 0 Å². The number of rotatable bonds is 16. The maximum atomic E-state index is 12.7. The van der Waals surface area contributed by atoms with Crippen molar-refractivity contribution in [1.29, 1.82) is 0 Å². The molecule has 6 nitrogen and oxygen atoms in total. The maximum Gasteiger partial charge on any atom is 0.305 e. The SMILES string of the molecule is C=CCOCC(CC)(COCC=C)COC(=O)CCC1(C)CC(NC(=O)CC)CC(C)(C)C1. The van der Waals surface area contributed by atoms with E-state index in [1.54, 1.807) is 12.2 Å². The summed E-state index contributed by atoms with van der Waals surface area (Å²) in [4.78, 5) is 24.7. The van der Waals surface area contributed by atoms with Crippen LogP contribution in [0.15, 0.2) is 25.3 Å². The normalized spacial score (nSPS) is 22.4. The Bertz CT molecular complexity index is 630. The molecule has 1 amide bonds. The molecule has 1 N–H and O–H groups in total. The summed E-state index contributed by atoms with van der Waals surface area (Å²) in [5.41, 5.74) is -0.298. The highest BCUT2D eigenvalue weighted by Gasteiger charge is 2.41. The standard InChI is InChI=1S/C27H47NO5/c1-8-14-31-19-27(11-4,20-32-15-9-2)21-33-24(30)12-13-26(7)17-22(28-23(29)10-3)16-25(5,6)18-26/h8-9,22H,1-2,10-21H2,3-7H3,(H,28,29). The lowest BCUT2D eigenvalue weighted by molar-refractivity contribution is -0.152. The van der Waals surface area contributed by atoms with E-state index in [0.717, 1.165) is 32.1 Å². The molecule has 190 valence electrons. The number of hydrogen-bond acceptors (Lipinski definition) is 5. The molecule has 0 radical (unpaired) electrons. The molecule has 0 aromatic heterocycles. The summed E-state index contributed by atoms with van der Waals surface area (Å²) in [6.45, 7) is 20.0. The number of nitrogens with one attached hydrogen (secondary N) is 1. The molecule has 0 saturated heterocycles. The van der Waals surface area contributed by atoms with Crippen LogP contribution in [0.5, 0.6) is 0 Å². The minimum absolute atomic E-state index is 0.0194. The molecular formula is C27H47NO5. The van der Waals surface area contributed by atoms with Crippen LogP contribution in [0.25, 0.3) is 0 Å². The third kappa shape index (κ3) is 10.9. The molecule has 1 fully saturated rings. The second kappa shape index (κ2) is 13.9.